The van der Waals surface area contributed by atoms with Gasteiger partial charge in [0, 0.05) is 12.5 Å². The molecular weight excluding hydrogens is 297 g/mol. The van der Waals surface area contributed by atoms with Crippen LogP contribution in [-0.2, 0) is 4.79 Å². The first-order chi connectivity index (χ1) is 10.7. The minimum atomic E-state index is -0.943. The quantitative estimate of drug-likeness (QED) is 0.252. The number of carbonyl (C=O) groups excluding carboxylic acids is 1. The van der Waals surface area contributed by atoms with Gasteiger partial charge in [0.15, 0.2) is 0 Å². The summed E-state index contributed by atoms with van der Waals surface area (Å²) in [6.45, 7) is 6.91. The summed E-state index contributed by atoms with van der Waals surface area (Å²) in [7, 11) is 0. The average Bonchev–Trinajstić information content (AvgIpc) is 2.50. The first-order valence-electron chi connectivity index (χ1n) is 8.92. The Morgan fingerprint density at radius 2 is 1.30 bits per heavy atom. The Labute approximate surface area is 165 Å². The van der Waals surface area contributed by atoms with Crippen LogP contribution in [0.4, 0.5) is 0 Å². The topological polar surface area (TPSA) is 43.4 Å². The molecule has 0 rings (SSSR count). The number of carboxylic acid groups (broad SMARTS) is 1. The third kappa shape index (κ3) is 19.9. The Morgan fingerprint density at radius 3 is 1.70 bits per heavy atom. The second-order valence-corrected chi connectivity index (χ2v) is 5.71. The molecule has 0 atom stereocenters. The molecule has 0 aliphatic rings. The molecular formula is C19H34NNaO2. The van der Waals surface area contributed by atoms with Crippen LogP contribution in [0.2, 0.25) is 0 Å². The van der Waals surface area contributed by atoms with Crippen molar-refractivity contribution in [2.24, 2.45) is 0 Å². The van der Waals surface area contributed by atoms with Crippen LogP contribution < -0.4 is 34.7 Å². The van der Waals surface area contributed by atoms with Crippen molar-refractivity contribution in [3.63, 3.8) is 0 Å². The monoisotopic (exact) mass is 331 g/mol. The van der Waals surface area contributed by atoms with Crippen molar-refractivity contribution < 1.29 is 39.5 Å². The Kier molecular flexibility index (Phi) is 21.8. The van der Waals surface area contributed by atoms with E-state index in [1.54, 1.807) is 0 Å². The number of carboxylic acids is 1. The maximum atomic E-state index is 10.6. The molecule has 0 N–H and O–H groups in total. The number of rotatable bonds is 15. The Bertz CT molecular complexity index is 294. The van der Waals surface area contributed by atoms with E-state index in [-0.39, 0.29) is 36.0 Å². The SMILES string of the molecule is CC/C=C/CCCCN(CCCC/C=C/CC)CCC(=O)[O-].[Na+]. The van der Waals surface area contributed by atoms with Gasteiger partial charge in [-0.25, -0.2) is 0 Å². The van der Waals surface area contributed by atoms with Gasteiger partial charge in [0.1, 0.15) is 0 Å². The molecule has 0 bridgehead atoms. The summed E-state index contributed by atoms with van der Waals surface area (Å²) in [6.07, 6.45) is 18.1. The van der Waals surface area contributed by atoms with Crippen LogP contribution in [0.15, 0.2) is 24.3 Å². The zero-order valence-electron chi connectivity index (χ0n) is 15.6. The maximum absolute atomic E-state index is 10.6. The van der Waals surface area contributed by atoms with Gasteiger partial charge in [-0.15, -0.1) is 0 Å². The molecule has 0 aromatic carbocycles. The molecule has 23 heavy (non-hydrogen) atoms. The summed E-state index contributed by atoms with van der Waals surface area (Å²) in [5, 5.41) is 10.6. The first kappa shape index (κ1) is 25.2. The van der Waals surface area contributed by atoms with Crippen molar-refractivity contribution in [1.29, 1.82) is 0 Å². The molecule has 0 radical (unpaired) electrons. The Balaban J connectivity index is 0. The molecule has 0 saturated carbocycles. The predicted molar refractivity (Wildman–Crippen MR) is 92.6 cm³/mol. The van der Waals surface area contributed by atoms with Crippen LogP contribution in [-0.4, -0.2) is 30.5 Å². The van der Waals surface area contributed by atoms with Gasteiger partial charge >= 0.3 is 29.6 Å². The van der Waals surface area contributed by atoms with E-state index in [9.17, 15) is 9.90 Å². The summed E-state index contributed by atoms with van der Waals surface area (Å²) >= 11 is 0. The summed E-state index contributed by atoms with van der Waals surface area (Å²) in [4.78, 5) is 12.9. The van der Waals surface area contributed by atoms with Crippen molar-refractivity contribution >= 4 is 5.97 Å². The second kappa shape index (κ2) is 20.0. The number of allylic oxidation sites excluding steroid dienone is 4. The van der Waals surface area contributed by atoms with Crippen LogP contribution in [0.5, 0.6) is 0 Å². The van der Waals surface area contributed by atoms with E-state index in [2.05, 4.69) is 43.1 Å². The van der Waals surface area contributed by atoms with E-state index >= 15 is 0 Å². The number of hydrogen-bond acceptors (Lipinski definition) is 3. The number of aliphatic carboxylic acids is 1. The van der Waals surface area contributed by atoms with E-state index in [1.165, 1.54) is 12.8 Å². The van der Waals surface area contributed by atoms with E-state index in [1.807, 2.05) is 0 Å². The number of hydrogen-bond donors (Lipinski definition) is 0. The van der Waals surface area contributed by atoms with Crippen molar-refractivity contribution in [3.05, 3.63) is 24.3 Å². The molecule has 0 saturated heterocycles. The Morgan fingerprint density at radius 1 is 0.826 bits per heavy atom. The van der Waals surface area contributed by atoms with Crippen molar-refractivity contribution in [1.82, 2.24) is 4.90 Å². The summed E-state index contributed by atoms with van der Waals surface area (Å²) in [6, 6.07) is 0. The number of unbranched alkanes of at least 4 members (excludes halogenated alkanes) is 4. The van der Waals surface area contributed by atoms with Gasteiger partial charge in [-0.3, -0.25) is 0 Å². The van der Waals surface area contributed by atoms with Crippen LogP contribution in [0.25, 0.3) is 0 Å². The van der Waals surface area contributed by atoms with E-state index in [0.29, 0.717) is 6.54 Å². The number of nitrogens with zero attached hydrogens (tertiary/aromatic N) is 1. The third-order valence-corrected chi connectivity index (χ3v) is 3.63. The smallest absolute Gasteiger partial charge is 0.550 e. The predicted octanol–water partition coefficient (Wildman–Crippen LogP) is 0.705. The second-order valence-electron chi connectivity index (χ2n) is 5.71. The normalized spacial score (nSPS) is 11.4. The maximum Gasteiger partial charge on any atom is 1.00 e. The van der Waals surface area contributed by atoms with Crippen LogP contribution in [0.1, 0.15) is 71.6 Å². The fourth-order valence-corrected chi connectivity index (χ4v) is 2.35. The minimum Gasteiger partial charge on any atom is -0.550 e. The van der Waals surface area contributed by atoms with Gasteiger partial charge in [-0.1, -0.05) is 38.2 Å². The molecule has 3 nitrogen and oxygen atoms in total. The molecule has 4 heteroatoms. The molecule has 0 unspecified atom stereocenters. The number of carbonyl (C=O) groups is 1. The Hall–Kier alpha value is -0.0900. The van der Waals surface area contributed by atoms with Gasteiger partial charge < -0.3 is 14.8 Å². The van der Waals surface area contributed by atoms with E-state index < -0.39 is 5.97 Å². The third-order valence-electron chi connectivity index (χ3n) is 3.63. The minimum absolute atomic E-state index is 0. The van der Waals surface area contributed by atoms with E-state index in [0.717, 1.165) is 51.6 Å². The van der Waals surface area contributed by atoms with Gasteiger partial charge in [0.25, 0.3) is 0 Å². The van der Waals surface area contributed by atoms with Crippen molar-refractivity contribution in [2.75, 3.05) is 19.6 Å². The van der Waals surface area contributed by atoms with Crippen molar-refractivity contribution in [3.8, 4) is 0 Å². The van der Waals surface area contributed by atoms with Gasteiger partial charge in [-0.2, -0.15) is 0 Å². The zero-order chi connectivity index (χ0) is 16.5. The van der Waals surface area contributed by atoms with E-state index in [4.69, 9.17) is 0 Å². The molecule has 0 aromatic heterocycles. The largest absolute Gasteiger partial charge is 1.00 e. The van der Waals surface area contributed by atoms with Gasteiger partial charge in [0.05, 0.1) is 0 Å². The van der Waals surface area contributed by atoms with Gasteiger partial charge in [-0.05, 0) is 70.9 Å². The molecule has 128 valence electrons. The van der Waals surface area contributed by atoms with Gasteiger partial charge in [0.2, 0.25) is 0 Å². The zero-order valence-corrected chi connectivity index (χ0v) is 17.6. The summed E-state index contributed by atoms with van der Waals surface area (Å²) in [5.41, 5.74) is 0. The average molecular weight is 331 g/mol. The fraction of sp³-hybridized carbons (Fsp3) is 0.737. The molecule has 0 heterocycles. The van der Waals surface area contributed by atoms with Crippen LogP contribution >= 0.6 is 0 Å². The van der Waals surface area contributed by atoms with Crippen LogP contribution in [0, 0.1) is 0 Å². The molecule has 0 spiro atoms. The molecule has 0 aliphatic heterocycles. The molecule has 0 amide bonds. The summed E-state index contributed by atoms with van der Waals surface area (Å²) in [5.74, 6) is -0.943. The molecule has 0 aromatic rings. The standard InChI is InChI=1S/C19H35NO2.Na/c1-3-5-7-9-11-13-16-20(18-15-19(21)22)17-14-12-10-8-6-4-2;/h5-8H,3-4,9-18H2,1-2H3,(H,21,22);/q;+1/p-1/b7-5+,8-6+;. The summed E-state index contributed by atoms with van der Waals surface area (Å²) < 4.78 is 0. The van der Waals surface area contributed by atoms with Crippen LogP contribution in [0.3, 0.4) is 0 Å². The fourth-order valence-electron chi connectivity index (χ4n) is 2.35. The van der Waals surface area contributed by atoms with Crippen molar-refractivity contribution in [2.45, 2.75) is 71.6 Å². The molecule has 0 fully saturated rings. The molecule has 0 aliphatic carbocycles. The first-order valence-corrected chi connectivity index (χ1v) is 8.92.